The van der Waals surface area contributed by atoms with Crippen LogP contribution in [0.3, 0.4) is 0 Å². The van der Waals surface area contributed by atoms with Gasteiger partial charge in [-0.1, -0.05) is 6.08 Å². The first-order valence-electron chi connectivity index (χ1n) is 7.37. The fourth-order valence-corrected chi connectivity index (χ4v) is 2.13. The second kappa shape index (κ2) is 11.0. The van der Waals surface area contributed by atoms with E-state index in [9.17, 15) is 10.2 Å². The van der Waals surface area contributed by atoms with Gasteiger partial charge in [-0.2, -0.15) is 0 Å². The van der Waals surface area contributed by atoms with Gasteiger partial charge in [-0.25, -0.2) is 0 Å². The molecule has 5 N–H and O–H groups in total. The van der Waals surface area contributed by atoms with Crippen molar-refractivity contribution in [3.05, 3.63) is 12.7 Å². The van der Waals surface area contributed by atoms with Gasteiger partial charge in [-0.3, -0.25) is 0 Å². The van der Waals surface area contributed by atoms with Crippen molar-refractivity contribution in [1.29, 1.82) is 0 Å². The lowest BCUT2D eigenvalue weighted by molar-refractivity contribution is -0.278. The zero-order valence-corrected chi connectivity index (χ0v) is 12.7. The number of hydrogen-bond acceptors (Lipinski definition) is 8. The van der Waals surface area contributed by atoms with Crippen LogP contribution in [0.5, 0.6) is 0 Å². The van der Waals surface area contributed by atoms with E-state index in [1.807, 2.05) is 0 Å². The zero-order valence-electron chi connectivity index (χ0n) is 12.7. The summed E-state index contributed by atoms with van der Waals surface area (Å²) in [6.07, 6.45) is -2.48. The van der Waals surface area contributed by atoms with Crippen LogP contribution in [-0.2, 0) is 18.9 Å². The van der Waals surface area contributed by atoms with Gasteiger partial charge < -0.3 is 40.0 Å². The molecule has 1 aliphatic rings. The van der Waals surface area contributed by atoms with Crippen molar-refractivity contribution in [2.75, 3.05) is 46.2 Å². The molecule has 0 aromatic rings. The molecule has 0 aromatic heterocycles. The first-order valence-corrected chi connectivity index (χ1v) is 7.37. The monoisotopic (exact) mass is 321 g/mol. The molecule has 8 heteroatoms. The van der Waals surface area contributed by atoms with Crippen LogP contribution in [0, 0.1) is 5.92 Å². The van der Waals surface area contributed by atoms with Crippen molar-refractivity contribution in [2.24, 2.45) is 11.7 Å². The summed E-state index contributed by atoms with van der Waals surface area (Å²) >= 11 is 0. The minimum atomic E-state index is -1.18. The van der Waals surface area contributed by atoms with E-state index in [0.717, 1.165) is 0 Å². The molecule has 0 aliphatic carbocycles. The van der Waals surface area contributed by atoms with Gasteiger partial charge >= 0.3 is 0 Å². The highest BCUT2D eigenvalue weighted by Gasteiger charge is 2.43. The van der Waals surface area contributed by atoms with Gasteiger partial charge in [-0.05, 0) is 0 Å². The van der Waals surface area contributed by atoms with Gasteiger partial charge in [0, 0.05) is 6.54 Å². The molecule has 0 radical (unpaired) electrons. The van der Waals surface area contributed by atoms with Crippen LogP contribution in [-0.4, -0.2) is 86.1 Å². The fourth-order valence-electron chi connectivity index (χ4n) is 2.13. The summed E-state index contributed by atoms with van der Waals surface area (Å²) in [5.41, 5.74) is 5.28. The third kappa shape index (κ3) is 5.90. The van der Waals surface area contributed by atoms with E-state index in [1.54, 1.807) is 0 Å². The van der Waals surface area contributed by atoms with Crippen molar-refractivity contribution in [3.8, 4) is 0 Å². The highest BCUT2D eigenvalue weighted by Crippen LogP contribution is 2.27. The molecule has 0 saturated carbocycles. The van der Waals surface area contributed by atoms with Crippen LogP contribution in [0.15, 0.2) is 12.7 Å². The summed E-state index contributed by atoms with van der Waals surface area (Å²) in [6, 6.07) is 0. The van der Waals surface area contributed by atoms with Crippen molar-refractivity contribution in [2.45, 2.75) is 24.6 Å². The van der Waals surface area contributed by atoms with Crippen LogP contribution in [0.1, 0.15) is 0 Å². The van der Waals surface area contributed by atoms with Gasteiger partial charge in [-0.15, -0.1) is 6.58 Å². The minimum Gasteiger partial charge on any atom is -0.394 e. The topological polar surface area (TPSA) is 124 Å². The predicted octanol–water partition coefficient (Wildman–Crippen LogP) is -1.76. The smallest absolute Gasteiger partial charge is 0.167 e. The van der Waals surface area contributed by atoms with Crippen molar-refractivity contribution in [1.82, 2.24) is 0 Å². The quantitative estimate of drug-likeness (QED) is 0.261. The average molecular weight is 321 g/mol. The van der Waals surface area contributed by atoms with Gasteiger partial charge in [0.25, 0.3) is 0 Å². The van der Waals surface area contributed by atoms with Gasteiger partial charge in [0.2, 0.25) is 0 Å². The van der Waals surface area contributed by atoms with Crippen LogP contribution >= 0.6 is 0 Å². The van der Waals surface area contributed by atoms with Crippen molar-refractivity contribution < 1.29 is 34.3 Å². The molecule has 1 aliphatic heterocycles. The maximum absolute atomic E-state index is 9.98. The maximum atomic E-state index is 9.98. The Hall–Kier alpha value is -0.580. The van der Waals surface area contributed by atoms with E-state index >= 15 is 0 Å². The van der Waals surface area contributed by atoms with E-state index in [0.29, 0.717) is 33.0 Å². The number of aliphatic hydroxyl groups is 3. The molecule has 1 fully saturated rings. The summed E-state index contributed by atoms with van der Waals surface area (Å²) < 4.78 is 21.4. The van der Waals surface area contributed by atoms with Crippen LogP contribution in [0.4, 0.5) is 0 Å². The summed E-state index contributed by atoms with van der Waals surface area (Å²) in [4.78, 5) is 0. The molecular formula is C14H27NO7. The van der Waals surface area contributed by atoms with Gasteiger partial charge in [0.05, 0.1) is 51.7 Å². The third-order valence-corrected chi connectivity index (χ3v) is 3.34. The molecule has 0 spiro atoms. The lowest BCUT2D eigenvalue weighted by atomic mass is 9.91. The van der Waals surface area contributed by atoms with Gasteiger partial charge in [0.1, 0.15) is 12.2 Å². The van der Waals surface area contributed by atoms with Crippen molar-refractivity contribution >= 4 is 0 Å². The normalized spacial score (nSPS) is 32.1. The molecule has 0 amide bonds. The highest BCUT2D eigenvalue weighted by molar-refractivity contribution is 4.96. The van der Waals surface area contributed by atoms with E-state index in [-0.39, 0.29) is 6.61 Å². The van der Waals surface area contributed by atoms with E-state index in [4.69, 9.17) is 29.8 Å². The molecule has 1 heterocycles. The number of aliphatic hydroxyl groups excluding tert-OH is 3. The summed E-state index contributed by atoms with van der Waals surface area (Å²) in [5.74, 6) is -0.578. The Morgan fingerprint density at radius 1 is 1.05 bits per heavy atom. The van der Waals surface area contributed by atoms with Crippen molar-refractivity contribution in [3.63, 3.8) is 0 Å². The second-order valence-corrected chi connectivity index (χ2v) is 4.90. The average Bonchev–Trinajstić information content (AvgIpc) is 2.53. The molecule has 130 valence electrons. The zero-order chi connectivity index (χ0) is 16.4. The van der Waals surface area contributed by atoms with Crippen LogP contribution in [0.25, 0.3) is 0 Å². The lowest BCUT2D eigenvalue weighted by Gasteiger charge is -2.40. The molecule has 0 aromatic carbocycles. The number of nitrogens with two attached hydrogens (primary N) is 1. The maximum Gasteiger partial charge on any atom is 0.167 e. The van der Waals surface area contributed by atoms with E-state index in [2.05, 4.69) is 6.58 Å². The molecule has 8 nitrogen and oxygen atoms in total. The Balaban J connectivity index is 2.26. The predicted molar refractivity (Wildman–Crippen MR) is 78.1 cm³/mol. The third-order valence-electron chi connectivity index (χ3n) is 3.34. The van der Waals surface area contributed by atoms with Crippen LogP contribution in [0.2, 0.25) is 0 Å². The Labute approximate surface area is 130 Å². The largest absolute Gasteiger partial charge is 0.394 e. The molecule has 1 saturated heterocycles. The molecular weight excluding hydrogens is 294 g/mol. The molecule has 22 heavy (non-hydrogen) atoms. The summed E-state index contributed by atoms with van der Waals surface area (Å²) in [5, 5.41) is 28.9. The standard InChI is InChI=1S/C14H27NO7/c1-2-10-12(17)13(18)11(9-16)22-14(10)21-8-7-20-6-5-19-4-3-15/h2,10-14,16-18H,1,3-9,15H2/t10?,11?,12?,13-,14+/m0/s1. The molecule has 1 rings (SSSR count). The number of hydrogen-bond donors (Lipinski definition) is 4. The Morgan fingerprint density at radius 3 is 2.27 bits per heavy atom. The Kier molecular flexibility index (Phi) is 9.76. The SMILES string of the molecule is C=CC1C(O)[C@@H](O)C(CO)O[C@H]1OCCOCCOCCN. The summed E-state index contributed by atoms with van der Waals surface area (Å²) in [6.45, 7) is 5.64. The lowest BCUT2D eigenvalue weighted by Crippen LogP contribution is -2.55. The minimum absolute atomic E-state index is 0.243. The second-order valence-electron chi connectivity index (χ2n) is 4.90. The van der Waals surface area contributed by atoms with E-state index < -0.39 is 37.1 Å². The van der Waals surface area contributed by atoms with E-state index in [1.165, 1.54) is 6.08 Å². The Morgan fingerprint density at radius 2 is 1.68 bits per heavy atom. The summed E-state index contributed by atoms with van der Waals surface area (Å²) in [7, 11) is 0. The first kappa shape index (κ1) is 19.5. The molecule has 5 atom stereocenters. The van der Waals surface area contributed by atoms with Gasteiger partial charge in [0.15, 0.2) is 6.29 Å². The number of ether oxygens (including phenoxy) is 4. The molecule has 3 unspecified atom stereocenters. The molecule has 0 bridgehead atoms. The fraction of sp³-hybridized carbons (Fsp3) is 0.857. The Bertz CT molecular complexity index is 305. The van der Waals surface area contributed by atoms with Crippen LogP contribution < -0.4 is 5.73 Å². The highest BCUT2D eigenvalue weighted by atomic mass is 16.7. The first-order chi connectivity index (χ1) is 10.7. The number of rotatable bonds is 11.